The quantitative estimate of drug-likeness (QED) is 0.572. The third-order valence-electron chi connectivity index (χ3n) is 2.56. The molecule has 0 radical (unpaired) electrons. The van der Waals surface area contributed by atoms with Gasteiger partial charge >= 0.3 is 5.69 Å². The van der Waals surface area contributed by atoms with Gasteiger partial charge in [-0.3, -0.25) is 10.1 Å². The third-order valence-corrected chi connectivity index (χ3v) is 2.56. The molecule has 0 aromatic carbocycles. The Morgan fingerprint density at radius 3 is 2.72 bits per heavy atom. The number of nitro groups is 1. The van der Waals surface area contributed by atoms with E-state index < -0.39 is 4.92 Å². The van der Waals surface area contributed by atoms with Crippen molar-refractivity contribution in [2.75, 3.05) is 32.7 Å². The molecule has 8 nitrogen and oxygen atoms in total. The normalized spacial score (nSPS) is 12.4. The van der Waals surface area contributed by atoms with Gasteiger partial charge in [0.1, 0.15) is 5.69 Å². The smallest absolute Gasteiger partial charge is 0.333 e. The second kappa shape index (κ2) is 6.31. The molecule has 1 heterocycles. The van der Waals surface area contributed by atoms with Crippen LogP contribution in [-0.4, -0.2) is 48.2 Å². The molecule has 0 saturated heterocycles. The molecule has 1 aromatic rings. The first-order valence-electron chi connectivity index (χ1n) is 5.44. The van der Waals surface area contributed by atoms with Crippen molar-refractivity contribution in [1.82, 2.24) is 9.78 Å². The summed E-state index contributed by atoms with van der Waals surface area (Å²) in [5.41, 5.74) is 0.371. The van der Waals surface area contributed by atoms with Crippen molar-refractivity contribution in [1.29, 1.82) is 0 Å². The standard InChI is InChI=1S/C10H18N4O4/c1-7-9(14(15)16)10(13(2)12-7)11-5-8(18-4)6-17-3/h8,11H,5-6H2,1-4H3. The van der Waals surface area contributed by atoms with Crippen LogP contribution in [0.4, 0.5) is 11.5 Å². The molecule has 0 bridgehead atoms. The Kier molecular flexibility index (Phi) is 5.05. The molecular formula is C10H18N4O4. The third kappa shape index (κ3) is 3.17. The van der Waals surface area contributed by atoms with E-state index in [1.165, 1.54) is 4.68 Å². The van der Waals surface area contributed by atoms with Crippen LogP contribution < -0.4 is 5.32 Å². The van der Waals surface area contributed by atoms with Gasteiger partial charge in [0, 0.05) is 27.8 Å². The molecule has 0 spiro atoms. The van der Waals surface area contributed by atoms with E-state index in [0.717, 1.165) is 0 Å². The zero-order chi connectivity index (χ0) is 13.7. The average Bonchev–Trinajstić information content (AvgIpc) is 2.59. The highest BCUT2D eigenvalue weighted by atomic mass is 16.6. The molecule has 1 aromatic heterocycles. The Balaban J connectivity index is 2.81. The molecule has 0 aliphatic carbocycles. The minimum atomic E-state index is -0.442. The second-order valence-electron chi connectivity index (χ2n) is 3.86. The van der Waals surface area contributed by atoms with Gasteiger partial charge in [-0.2, -0.15) is 5.10 Å². The Hall–Kier alpha value is -1.67. The molecule has 18 heavy (non-hydrogen) atoms. The molecule has 0 saturated carbocycles. The molecule has 1 atom stereocenters. The van der Waals surface area contributed by atoms with Gasteiger partial charge in [-0.25, -0.2) is 4.68 Å². The predicted octanol–water partition coefficient (Wildman–Crippen LogP) is 0.710. The number of aryl methyl sites for hydroxylation is 2. The van der Waals surface area contributed by atoms with E-state index >= 15 is 0 Å². The van der Waals surface area contributed by atoms with Gasteiger partial charge in [0.2, 0.25) is 5.82 Å². The number of anilines is 1. The number of nitrogens with one attached hydrogen (secondary N) is 1. The van der Waals surface area contributed by atoms with Gasteiger partial charge in [0.15, 0.2) is 0 Å². The number of methoxy groups -OCH3 is 2. The van der Waals surface area contributed by atoms with E-state index in [-0.39, 0.29) is 11.8 Å². The molecule has 8 heteroatoms. The van der Waals surface area contributed by atoms with Crippen LogP contribution in [0.5, 0.6) is 0 Å². The first-order valence-corrected chi connectivity index (χ1v) is 5.44. The molecule has 0 aliphatic rings. The zero-order valence-corrected chi connectivity index (χ0v) is 11.0. The van der Waals surface area contributed by atoms with E-state index in [1.54, 1.807) is 28.2 Å². The van der Waals surface area contributed by atoms with E-state index in [9.17, 15) is 10.1 Å². The molecule has 0 amide bonds. The first kappa shape index (κ1) is 14.4. The fourth-order valence-electron chi connectivity index (χ4n) is 1.67. The summed E-state index contributed by atoms with van der Waals surface area (Å²) in [5.74, 6) is 0.371. The summed E-state index contributed by atoms with van der Waals surface area (Å²) >= 11 is 0. The molecule has 0 aliphatic heterocycles. The molecule has 102 valence electrons. The number of aromatic nitrogens is 2. The summed E-state index contributed by atoms with van der Waals surface area (Å²) < 4.78 is 11.6. The van der Waals surface area contributed by atoms with E-state index in [2.05, 4.69) is 10.4 Å². The van der Waals surface area contributed by atoms with E-state index in [4.69, 9.17) is 9.47 Å². The second-order valence-corrected chi connectivity index (χ2v) is 3.86. The van der Waals surface area contributed by atoms with Gasteiger partial charge in [-0.05, 0) is 6.92 Å². The van der Waals surface area contributed by atoms with E-state index in [0.29, 0.717) is 24.7 Å². The van der Waals surface area contributed by atoms with Crippen molar-refractivity contribution in [3.05, 3.63) is 15.8 Å². The fourth-order valence-corrected chi connectivity index (χ4v) is 1.67. The number of rotatable bonds is 7. The van der Waals surface area contributed by atoms with Crippen molar-refractivity contribution in [3.8, 4) is 0 Å². The van der Waals surface area contributed by atoms with Crippen molar-refractivity contribution < 1.29 is 14.4 Å². The minimum absolute atomic E-state index is 0.00947. The van der Waals surface area contributed by atoms with Crippen LogP contribution in [0.1, 0.15) is 5.69 Å². The Morgan fingerprint density at radius 2 is 2.22 bits per heavy atom. The molecule has 0 fully saturated rings. The maximum absolute atomic E-state index is 11.0. The van der Waals surface area contributed by atoms with Crippen LogP contribution in [-0.2, 0) is 16.5 Å². The summed E-state index contributed by atoms with van der Waals surface area (Å²) in [5, 5.41) is 17.9. The highest BCUT2D eigenvalue weighted by Crippen LogP contribution is 2.27. The number of ether oxygens (including phenoxy) is 2. The molecule has 1 N–H and O–H groups in total. The van der Waals surface area contributed by atoms with Gasteiger partial charge in [-0.15, -0.1) is 0 Å². The molecule has 1 rings (SSSR count). The van der Waals surface area contributed by atoms with Crippen LogP contribution in [0.25, 0.3) is 0 Å². The summed E-state index contributed by atoms with van der Waals surface area (Å²) in [6, 6.07) is 0. The Morgan fingerprint density at radius 1 is 1.56 bits per heavy atom. The minimum Gasteiger partial charge on any atom is -0.382 e. The lowest BCUT2D eigenvalue weighted by atomic mass is 10.3. The number of hydrogen-bond donors (Lipinski definition) is 1. The molecule has 1 unspecified atom stereocenters. The van der Waals surface area contributed by atoms with Crippen molar-refractivity contribution in [2.24, 2.45) is 7.05 Å². The van der Waals surface area contributed by atoms with Crippen LogP contribution in [0.15, 0.2) is 0 Å². The lowest BCUT2D eigenvalue weighted by Crippen LogP contribution is -2.27. The fraction of sp³-hybridized carbons (Fsp3) is 0.700. The Bertz CT molecular complexity index is 418. The number of hydrogen-bond acceptors (Lipinski definition) is 6. The maximum atomic E-state index is 11.0. The maximum Gasteiger partial charge on any atom is 0.333 e. The summed E-state index contributed by atoms with van der Waals surface area (Å²) in [6.45, 7) is 2.42. The van der Waals surface area contributed by atoms with Gasteiger partial charge in [0.25, 0.3) is 0 Å². The van der Waals surface area contributed by atoms with E-state index in [1.807, 2.05) is 0 Å². The topological polar surface area (TPSA) is 91.5 Å². The van der Waals surface area contributed by atoms with Crippen LogP contribution in [0.2, 0.25) is 0 Å². The Labute approximate surface area is 105 Å². The SMILES string of the molecule is COCC(CNc1c([N+](=O)[O-])c(C)nn1C)OC. The summed E-state index contributed by atoms with van der Waals surface area (Å²) in [4.78, 5) is 10.5. The van der Waals surface area contributed by atoms with Gasteiger partial charge < -0.3 is 14.8 Å². The van der Waals surface area contributed by atoms with Crippen molar-refractivity contribution in [3.63, 3.8) is 0 Å². The van der Waals surface area contributed by atoms with Crippen LogP contribution >= 0.6 is 0 Å². The zero-order valence-electron chi connectivity index (χ0n) is 11.0. The monoisotopic (exact) mass is 258 g/mol. The lowest BCUT2D eigenvalue weighted by molar-refractivity contribution is -0.384. The predicted molar refractivity (Wildman–Crippen MR) is 65.8 cm³/mol. The average molecular weight is 258 g/mol. The van der Waals surface area contributed by atoms with Gasteiger partial charge in [0.05, 0.1) is 17.6 Å². The highest BCUT2D eigenvalue weighted by molar-refractivity contribution is 5.59. The summed E-state index contributed by atoms with van der Waals surface area (Å²) in [7, 11) is 4.79. The van der Waals surface area contributed by atoms with Crippen LogP contribution in [0, 0.1) is 17.0 Å². The lowest BCUT2D eigenvalue weighted by Gasteiger charge is -2.15. The highest BCUT2D eigenvalue weighted by Gasteiger charge is 2.24. The van der Waals surface area contributed by atoms with Gasteiger partial charge in [-0.1, -0.05) is 0 Å². The summed E-state index contributed by atoms with van der Waals surface area (Å²) in [6.07, 6.45) is -0.176. The first-order chi connectivity index (χ1) is 8.51. The molecular weight excluding hydrogens is 240 g/mol. The van der Waals surface area contributed by atoms with Crippen LogP contribution in [0.3, 0.4) is 0 Å². The van der Waals surface area contributed by atoms with Crippen molar-refractivity contribution >= 4 is 11.5 Å². The number of nitrogens with zero attached hydrogens (tertiary/aromatic N) is 3. The van der Waals surface area contributed by atoms with Crippen molar-refractivity contribution in [2.45, 2.75) is 13.0 Å². The largest absolute Gasteiger partial charge is 0.382 e.